The molecule has 0 spiro atoms. The third-order valence-corrected chi connectivity index (χ3v) is 5.84. The first kappa shape index (κ1) is 18.1. The fourth-order valence-corrected chi connectivity index (χ4v) is 3.90. The Labute approximate surface area is 142 Å². The van der Waals surface area contributed by atoms with Crippen molar-refractivity contribution in [2.75, 3.05) is 24.6 Å². The Bertz CT molecular complexity index is 739. The summed E-state index contributed by atoms with van der Waals surface area (Å²) < 4.78 is 22.8. The Balaban J connectivity index is 2.01. The van der Waals surface area contributed by atoms with Crippen LogP contribution in [0, 0.1) is 17.2 Å². The van der Waals surface area contributed by atoms with Crippen molar-refractivity contribution in [3.05, 3.63) is 35.9 Å². The highest BCUT2D eigenvalue weighted by Crippen LogP contribution is 2.21. The molecule has 0 saturated carbocycles. The van der Waals surface area contributed by atoms with Gasteiger partial charge in [-0.15, -0.1) is 0 Å². The molecule has 1 aliphatic heterocycles. The van der Waals surface area contributed by atoms with Crippen LogP contribution in [-0.2, 0) is 19.4 Å². The minimum atomic E-state index is -3.12. The molecule has 0 N–H and O–H groups in total. The molecule has 128 valence electrons. The zero-order valence-electron chi connectivity index (χ0n) is 13.5. The zero-order valence-corrected chi connectivity index (χ0v) is 14.3. The van der Waals surface area contributed by atoms with Gasteiger partial charge in [-0.1, -0.05) is 37.3 Å². The van der Waals surface area contributed by atoms with E-state index in [1.165, 1.54) is 4.90 Å². The second-order valence-electron chi connectivity index (χ2n) is 6.02. The molecule has 6 nitrogen and oxygen atoms in total. The highest BCUT2D eigenvalue weighted by molar-refractivity contribution is 7.91. The van der Waals surface area contributed by atoms with E-state index in [1.54, 1.807) is 6.07 Å². The van der Waals surface area contributed by atoms with Gasteiger partial charge in [0, 0.05) is 19.5 Å². The third-order valence-electron chi connectivity index (χ3n) is 4.23. The van der Waals surface area contributed by atoms with Crippen molar-refractivity contribution in [1.82, 2.24) is 4.90 Å². The summed E-state index contributed by atoms with van der Waals surface area (Å²) >= 11 is 0. The molecule has 2 atom stereocenters. The number of amides is 1. The number of ketones is 1. The van der Waals surface area contributed by atoms with Gasteiger partial charge in [0.15, 0.2) is 21.5 Å². The number of nitrogens with zero attached hydrogens (tertiary/aromatic N) is 2. The van der Waals surface area contributed by atoms with Crippen LogP contribution in [0.1, 0.15) is 24.8 Å². The molecule has 0 aromatic heterocycles. The van der Waals surface area contributed by atoms with Gasteiger partial charge in [0.2, 0.25) is 5.91 Å². The van der Waals surface area contributed by atoms with Gasteiger partial charge in [-0.3, -0.25) is 9.59 Å². The predicted molar refractivity (Wildman–Crippen MR) is 88.8 cm³/mol. The molecule has 1 heterocycles. The van der Waals surface area contributed by atoms with Crippen LogP contribution in [-0.4, -0.2) is 49.6 Å². The third kappa shape index (κ3) is 4.42. The quantitative estimate of drug-likeness (QED) is 0.744. The van der Waals surface area contributed by atoms with Gasteiger partial charge in [0.25, 0.3) is 0 Å². The minimum Gasteiger partial charge on any atom is -0.339 e. The van der Waals surface area contributed by atoms with Crippen molar-refractivity contribution in [2.24, 2.45) is 5.92 Å². The fourth-order valence-electron chi connectivity index (χ4n) is 2.70. The van der Waals surface area contributed by atoms with Crippen molar-refractivity contribution < 1.29 is 18.0 Å². The number of Topliss-reactive ketones (excluding diaryl/α,β-unsaturated/α-hetero) is 1. The maximum absolute atomic E-state index is 12.4. The summed E-state index contributed by atoms with van der Waals surface area (Å²) in [6.07, 6.45) is 0.0973. The lowest BCUT2D eigenvalue weighted by Gasteiger charge is -2.28. The molecule has 1 fully saturated rings. The van der Waals surface area contributed by atoms with E-state index in [4.69, 9.17) is 0 Å². The van der Waals surface area contributed by atoms with E-state index in [-0.39, 0.29) is 36.9 Å². The number of carbonyl (C=O) groups is 2. The van der Waals surface area contributed by atoms with Crippen LogP contribution < -0.4 is 0 Å². The van der Waals surface area contributed by atoms with E-state index in [1.807, 2.05) is 37.3 Å². The van der Waals surface area contributed by atoms with Gasteiger partial charge < -0.3 is 4.90 Å². The van der Waals surface area contributed by atoms with Crippen molar-refractivity contribution >= 4 is 21.5 Å². The SMILES string of the molecule is C[C@@H](CC(=O)[C@@H](C#N)C(=O)N1CCS(=O)(=O)CC1)c1ccccc1. The van der Waals surface area contributed by atoms with Gasteiger partial charge in [0.1, 0.15) is 0 Å². The second-order valence-corrected chi connectivity index (χ2v) is 8.33. The maximum atomic E-state index is 12.4. The Morgan fingerprint density at radius 2 is 1.79 bits per heavy atom. The molecule has 1 aromatic carbocycles. The minimum absolute atomic E-state index is 0.0425. The summed E-state index contributed by atoms with van der Waals surface area (Å²) in [5.74, 6) is -2.71. The average molecular weight is 348 g/mol. The molecule has 0 unspecified atom stereocenters. The standard InChI is InChI=1S/C17H20N2O4S/c1-13(14-5-3-2-4-6-14)11-16(20)15(12-18)17(21)19-7-9-24(22,23)10-8-19/h2-6,13,15H,7-11H2,1H3/t13-,15+/m0/s1. The summed E-state index contributed by atoms with van der Waals surface area (Å²) in [5.41, 5.74) is 0.971. The van der Waals surface area contributed by atoms with Crippen molar-refractivity contribution in [1.29, 1.82) is 5.26 Å². The Morgan fingerprint density at radius 1 is 1.21 bits per heavy atom. The van der Waals surface area contributed by atoms with Crippen LogP contribution >= 0.6 is 0 Å². The Morgan fingerprint density at radius 3 is 2.33 bits per heavy atom. The molecule has 2 rings (SSSR count). The normalized spacial score (nSPS) is 19.1. The predicted octanol–water partition coefficient (Wildman–Crippen LogP) is 1.15. The largest absolute Gasteiger partial charge is 0.339 e. The van der Waals surface area contributed by atoms with Crippen molar-refractivity contribution in [3.8, 4) is 6.07 Å². The van der Waals surface area contributed by atoms with Gasteiger partial charge in [0.05, 0.1) is 17.6 Å². The first-order chi connectivity index (χ1) is 11.3. The number of nitriles is 1. The average Bonchev–Trinajstić information content (AvgIpc) is 2.56. The zero-order chi connectivity index (χ0) is 17.7. The maximum Gasteiger partial charge on any atom is 0.247 e. The van der Waals surface area contributed by atoms with Crippen LogP contribution in [0.4, 0.5) is 0 Å². The first-order valence-electron chi connectivity index (χ1n) is 7.80. The molecule has 7 heteroatoms. The van der Waals surface area contributed by atoms with Gasteiger partial charge in [-0.25, -0.2) is 8.42 Å². The van der Waals surface area contributed by atoms with Crippen molar-refractivity contribution in [3.63, 3.8) is 0 Å². The topological polar surface area (TPSA) is 95.3 Å². The van der Waals surface area contributed by atoms with Crippen molar-refractivity contribution in [2.45, 2.75) is 19.3 Å². The summed E-state index contributed by atoms with van der Waals surface area (Å²) in [6.45, 7) is 1.96. The van der Waals surface area contributed by atoms with Gasteiger partial charge in [-0.05, 0) is 11.5 Å². The number of hydrogen-bond acceptors (Lipinski definition) is 5. The lowest BCUT2D eigenvalue weighted by Crippen LogP contribution is -2.47. The van der Waals surface area contributed by atoms with Crippen LogP contribution in [0.3, 0.4) is 0 Å². The van der Waals surface area contributed by atoms with E-state index in [9.17, 15) is 23.3 Å². The molecule has 1 aliphatic rings. The van der Waals surface area contributed by atoms with Crippen LogP contribution in [0.15, 0.2) is 30.3 Å². The number of benzene rings is 1. The van der Waals surface area contributed by atoms with Crippen LogP contribution in [0.5, 0.6) is 0 Å². The molecule has 0 bridgehead atoms. The lowest BCUT2D eigenvalue weighted by molar-refractivity contribution is -0.138. The molecule has 1 saturated heterocycles. The molecule has 0 aliphatic carbocycles. The van der Waals surface area contributed by atoms with E-state index < -0.39 is 27.4 Å². The summed E-state index contributed by atoms with van der Waals surface area (Å²) in [5, 5.41) is 9.25. The van der Waals surface area contributed by atoms with Gasteiger partial charge in [-0.2, -0.15) is 5.26 Å². The number of hydrogen-bond donors (Lipinski definition) is 0. The lowest BCUT2D eigenvalue weighted by atomic mass is 9.90. The monoisotopic (exact) mass is 348 g/mol. The number of sulfone groups is 1. The summed E-state index contributed by atoms with van der Waals surface area (Å²) in [7, 11) is -3.12. The molecular formula is C17H20N2O4S. The summed E-state index contributed by atoms with van der Waals surface area (Å²) in [6, 6.07) is 11.2. The van der Waals surface area contributed by atoms with Gasteiger partial charge >= 0.3 is 0 Å². The molecule has 1 aromatic rings. The smallest absolute Gasteiger partial charge is 0.247 e. The number of carbonyl (C=O) groups excluding carboxylic acids is 2. The molecule has 1 amide bonds. The second kappa shape index (κ2) is 7.58. The fraction of sp³-hybridized carbons (Fsp3) is 0.471. The first-order valence-corrected chi connectivity index (χ1v) is 9.62. The van der Waals surface area contributed by atoms with Crippen LogP contribution in [0.25, 0.3) is 0 Å². The van der Waals surface area contributed by atoms with E-state index >= 15 is 0 Å². The Hall–Kier alpha value is -2.20. The molecular weight excluding hydrogens is 328 g/mol. The van der Waals surface area contributed by atoms with E-state index in [0.717, 1.165) is 5.56 Å². The van der Waals surface area contributed by atoms with E-state index in [2.05, 4.69) is 0 Å². The van der Waals surface area contributed by atoms with E-state index in [0.29, 0.717) is 0 Å². The van der Waals surface area contributed by atoms with Crippen LogP contribution in [0.2, 0.25) is 0 Å². The number of rotatable bonds is 5. The Kier molecular flexibility index (Phi) is 5.73. The summed E-state index contributed by atoms with van der Waals surface area (Å²) in [4.78, 5) is 26.1. The molecule has 24 heavy (non-hydrogen) atoms. The highest BCUT2D eigenvalue weighted by Gasteiger charge is 2.34. The highest BCUT2D eigenvalue weighted by atomic mass is 32.2. The molecule has 0 radical (unpaired) electrons.